The molecule has 0 saturated carbocycles. The van der Waals surface area contributed by atoms with Crippen LogP contribution in [0.3, 0.4) is 0 Å². The highest BCUT2D eigenvalue weighted by atomic mass is 16.6. The molecule has 1 aromatic carbocycles. The van der Waals surface area contributed by atoms with E-state index in [-0.39, 0.29) is 6.01 Å². The third-order valence-corrected chi connectivity index (χ3v) is 2.49. The van der Waals surface area contributed by atoms with Gasteiger partial charge in [0.1, 0.15) is 12.9 Å². The molecule has 1 aromatic heterocycles. The van der Waals surface area contributed by atoms with Crippen molar-refractivity contribution in [3.8, 4) is 23.5 Å². The zero-order valence-corrected chi connectivity index (χ0v) is 11.9. The summed E-state index contributed by atoms with van der Waals surface area (Å²) in [5.41, 5.74) is 0.727. The highest BCUT2D eigenvalue weighted by molar-refractivity contribution is 5.83. The van der Waals surface area contributed by atoms with Crippen molar-refractivity contribution in [3.63, 3.8) is 0 Å². The SMILES string of the molecule is CO/N=C\c1ccccc1Oc1nc(OC)cc(OC)n1. The molecule has 0 unspecified atom stereocenters. The van der Waals surface area contributed by atoms with Crippen LogP contribution in [0.5, 0.6) is 23.5 Å². The van der Waals surface area contributed by atoms with Gasteiger partial charge in [-0.15, -0.1) is 0 Å². The van der Waals surface area contributed by atoms with Crippen molar-refractivity contribution in [1.29, 1.82) is 0 Å². The van der Waals surface area contributed by atoms with E-state index in [1.165, 1.54) is 27.5 Å². The molecule has 0 aliphatic carbocycles. The monoisotopic (exact) mass is 289 g/mol. The maximum atomic E-state index is 5.66. The van der Waals surface area contributed by atoms with Crippen LogP contribution in [0.25, 0.3) is 0 Å². The van der Waals surface area contributed by atoms with Crippen molar-refractivity contribution < 1.29 is 19.0 Å². The third kappa shape index (κ3) is 3.82. The molecule has 0 fully saturated rings. The Morgan fingerprint density at radius 2 is 1.67 bits per heavy atom. The van der Waals surface area contributed by atoms with Gasteiger partial charge in [-0.3, -0.25) is 0 Å². The van der Waals surface area contributed by atoms with Crippen molar-refractivity contribution in [2.45, 2.75) is 0 Å². The summed E-state index contributed by atoms with van der Waals surface area (Å²) >= 11 is 0. The number of hydrogen-bond donors (Lipinski definition) is 0. The molecule has 0 N–H and O–H groups in total. The van der Waals surface area contributed by atoms with Crippen LogP contribution in [-0.4, -0.2) is 37.5 Å². The van der Waals surface area contributed by atoms with Crippen molar-refractivity contribution in [1.82, 2.24) is 9.97 Å². The number of ether oxygens (including phenoxy) is 3. The van der Waals surface area contributed by atoms with Crippen LogP contribution in [0.2, 0.25) is 0 Å². The average Bonchev–Trinajstić information content (AvgIpc) is 2.53. The van der Waals surface area contributed by atoms with Gasteiger partial charge in [-0.2, -0.15) is 9.97 Å². The van der Waals surface area contributed by atoms with Crippen molar-refractivity contribution in [2.24, 2.45) is 5.16 Å². The first kappa shape index (κ1) is 14.6. The Labute approximate surface area is 122 Å². The predicted molar refractivity (Wildman–Crippen MR) is 76.3 cm³/mol. The Morgan fingerprint density at radius 3 is 2.29 bits per heavy atom. The van der Waals surface area contributed by atoms with Crippen LogP contribution in [0, 0.1) is 0 Å². The lowest BCUT2D eigenvalue weighted by Crippen LogP contribution is -1.99. The summed E-state index contributed by atoms with van der Waals surface area (Å²) in [6.07, 6.45) is 1.53. The average molecular weight is 289 g/mol. The molecule has 110 valence electrons. The molecule has 0 atom stereocenters. The molecule has 0 aliphatic rings. The predicted octanol–water partition coefficient (Wildman–Crippen LogP) is 2.27. The fourth-order valence-corrected chi connectivity index (χ4v) is 1.53. The van der Waals surface area contributed by atoms with E-state index in [1.54, 1.807) is 12.1 Å². The number of aromatic nitrogens is 2. The van der Waals surface area contributed by atoms with Gasteiger partial charge in [-0.1, -0.05) is 17.3 Å². The van der Waals surface area contributed by atoms with E-state index in [1.807, 2.05) is 18.2 Å². The van der Waals surface area contributed by atoms with Crippen LogP contribution in [0.15, 0.2) is 35.5 Å². The molecule has 21 heavy (non-hydrogen) atoms. The fourth-order valence-electron chi connectivity index (χ4n) is 1.53. The van der Waals surface area contributed by atoms with Gasteiger partial charge in [-0.05, 0) is 12.1 Å². The standard InChI is InChI=1S/C14H15N3O4/c1-18-12-8-13(19-2)17-14(16-12)21-11-7-5-4-6-10(11)9-15-20-3/h4-9H,1-3H3/b15-9-. The molecule has 7 heteroatoms. The first-order chi connectivity index (χ1) is 10.3. The number of hydrogen-bond acceptors (Lipinski definition) is 7. The Kier molecular flexibility index (Phi) is 4.92. The molecule has 0 radical (unpaired) electrons. The molecule has 2 rings (SSSR count). The molecular weight excluding hydrogens is 274 g/mol. The number of benzene rings is 1. The Bertz CT molecular complexity index is 609. The first-order valence-electron chi connectivity index (χ1n) is 6.07. The Morgan fingerprint density at radius 1 is 1.00 bits per heavy atom. The second-order valence-corrected chi connectivity index (χ2v) is 3.79. The van der Waals surface area contributed by atoms with Crippen molar-refractivity contribution in [2.75, 3.05) is 21.3 Å². The van der Waals surface area contributed by atoms with Gasteiger partial charge >= 0.3 is 6.01 Å². The lowest BCUT2D eigenvalue weighted by molar-refractivity contribution is 0.215. The van der Waals surface area contributed by atoms with E-state index < -0.39 is 0 Å². The minimum atomic E-state index is 0.115. The lowest BCUT2D eigenvalue weighted by Gasteiger charge is -2.09. The van der Waals surface area contributed by atoms with Gasteiger partial charge in [0, 0.05) is 5.56 Å². The number of methoxy groups -OCH3 is 2. The smallest absolute Gasteiger partial charge is 0.328 e. The highest BCUT2D eigenvalue weighted by Gasteiger charge is 2.09. The summed E-state index contributed by atoms with van der Waals surface area (Å²) in [6.45, 7) is 0. The molecule has 7 nitrogen and oxygen atoms in total. The zero-order valence-electron chi connectivity index (χ0n) is 11.9. The molecule has 2 aromatic rings. The van der Waals surface area contributed by atoms with Crippen LogP contribution >= 0.6 is 0 Å². The lowest BCUT2D eigenvalue weighted by atomic mass is 10.2. The van der Waals surface area contributed by atoms with Gasteiger partial charge in [0.05, 0.1) is 26.5 Å². The van der Waals surface area contributed by atoms with Crippen LogP contribution in [0.4, 0.5) is 0 Å². The van der Waals surface area contributed by atoms with Gasteiger partial charge in [-0.25, -0.2) is 0 Å². The summed E-state index contributed by atoms with van der Waals surface area (Å²) in [6, 6.07) is 8.96. The van der Waals surface area contributed by atoms with Gasteiger partial charge < -0.3 is 19.0 Å². The van der Waals surface area contributed by atoms with E-state index in [9.17, 15) is 0 Å². The van der Waals surface area contributed by atoms with Crippen LogP contribution < -0.4 is 14.2 Å². The quantitative estimate of drug-likeness (QED) is 0.600. The number of oxime groups is 1. The number of rotatable bonds is 6. The van der Waals surface area contributed by atoms with E-state index in [0.29, 0.717) is 17.5 Å². The molecule has 0 spiro atoms. The largest absolute Gasteiger partial charge is 0.481 e. The summed E-state index contributed by atoms with van der Waals surface area (Å²) in [7, 11) is 4.48. The Balaban J connectivity index is 2.31. The van der Waals surface area contributed by atoms with Gasteiger partial charge in [0.2, 0.25) is 11.8 Å². The Hall–Kier alpha value is -2.83. The van der Waals surface area contributed by atoms with Gasteiger partial charge in [0.15, 0.2) is 0 Å². The molecule has 0 amide bonds. The zero-order chi connectivity index (χ0) is 15.1. The molecule has 0 aliphatic heterocycles. The van der Waals surface area contributed by atoms with Crippen LogP contribution in [-0.2, 0) is 4.84 Å². The molecule has 0 bridgehead atoms. The van der Waals surface area contributed by atoms with Crippen LogP contribution in [0.1, 0.15) is 5.56 Å². The minimum Gasteiger partial charge on any atom is -0.481 e. The normalized spacial score (nSPS) is 10.4. The molecule has 1 heterocycles. The van der Waals surface area contributed by atoms with E-state index in [2.05, 4.69) is 20.0 Å². The van der Waals surface area contributed by atoms with Crippen molar-refractivity contribution in [3.05, 3.63) is 35.9 Å². The second-order valence-electron chi connectivity index (χ2n) is 3.79. The first-order valence-corrected chi connectivity index (χ1v) is 6.07. The number of nitrogens with zero attached hydrogens (tertiary/aromatic N) is 3. The summed E-state index contributed by atoms with van der Waals surface area (Å²) in [5, 5.41) is 3.72. The maximum absolute atomic E-state index is 5.66. The van der Waals surface area contributed by atoms with Crippen molar-refractivity contribution >= 4 is 6.21 Å². The summed E-state index contributed by atoms with van der Waals surface area (Å²) < 4.78 is 15.8. The summed E-state index contributed by atoms with van der Waals surface area (Å²) in [5.74, 6) is 1.23. The van der Waals surface area contributed by atoms with E-state index in [0.717, 1.165) is 5.56 Å². The third-order valence-electron chi connectivity index (χ3n) is 2.49. The van der Waals surface area contributed by atoms with E-state index in [4.69, 9.17) is 14.2 Å². The maximum Gasteiger partial charge on any atom is 0.328 e. The van der Waals surface area contributed by atoms with Gasteiger partial charge in [0.25, 0.3) is 0 Å². The highest BCUT2D eigenvalue weighted by Crippen LogP contribution is 2.25. The summed E-state index contributed by atoms with van der Waals surface area (Å²) in [4.78, 5) is 12.9. The molecule has 0 saturated heterocycles. The number of para-hydroxylation sites is 1. The van der Waals surface area contributed by atoms with E-state index >= 15 is 0 Å². The topological polar surface area (TPSA) is 75.1 Å². The second kappa shape index (κ2) is 7.09. The minimum absolute atomic E-state index is 0.115. The molecular formula is C14H15N3O4. The fraction of sp³-hybridized carbons (Fsp3) is 0.214.